The zero-order valence-electron chi connectivity index (χ0n) is 17.7. The number of anilines is 1. The first kappa shape index (κ1) is 19.0. The monoisotopic (exact) mass is 424 g/mol. The van der Waals surface area contributed by atoms with Crippen molar-refractivity contribution in [2.45, 2.75) is 49.9 Å². The molecule has 2 aliphatic carbocycles. The SMILES string of the molecule is O=C(c1cc(C2CC2)[nH]n1)N1CCC2(CCc3c2nc(N2CCOCC2)[nH]c3=O)CC1. The van der Waals surface area contributed by atoms with E-state index >= 15 is 0 Å². The summed E-state index contributed by atoms with van der Waals surface area (Å²) in [4.78, 5) is 37.7. The molecule has 1 spiro atoms. The predicted molar refractivity (Wildman–Crippen MR) is 114 cm³/mol. The van der Waals surface area contributed by atoms with Crippen LogP contribution in [0.2, 0.25) is 0 Å². The number of carbonyl (C=O) groups is 1. The fourth-order valence-electron chi connectivity index (χ4n) is 5.40. The molecule has 4 aliphatic rings. The number of hydrogen-bond donors (Lipinski definition) is 2. The van der Waals surface area contributed by atoms with Crippen LogP contribution in [0.3, 0.4) is 0 Å². The summed E-state index contributed by atoms with van der Waals surface area (Å²) in [5.74, 6) is 1.22. The van der Waals surface area contributed by atoms with Crippen LogP contribution in [0.1, 0.15) is 65.5 Å². The average Bonchev–Trinajstić information content (AvgIpc) is 3.43. The third-order valence-electron chi connectivity index (χ3n) is 7.51. The molecule has 2 aromatic rings. The van der Waals surface area contributed by atoms with Gasteiger partial charge in [-0.05, 0) is 44.6 Å². The summed E-state index contributed by atoms with van der Waals surface area (Å²) in [6.45, 7) is 4.13. The zero-order valence-corrected chi connectivity index (χ0v) is 17.7. The van der Waals surface area contributed by atoms with Crippen LogP contribution in [0.15, 0.2) is 10.9 Å². The van der Waals surface area contributed by atoms with Crippen LogP contribution in [0.5, 0.6) is 0 Å². The molecule has 0 radical (unpaired) electrons. The minimum absolute atomic E-state index is 0.00379. The number of nitrogens with one attached hydrogen (secondary N) is 2. The molecule has 0 bridgehead atoms. The van der Waals surface area contributed by atoms with Gasteiger partial charge in [0.05, 0.1) is 18.9 Å². The van der Waals surface area contributed by atoms with E-state index in [0.29, 0.717) is 43.9 Å². The average molecular weight is 425 g/mol. The van der Waals surface area contributed by atoms with Gasteiger partial charge in [-0.2, -0.15) is 5.10 Å². The molecular weight excluding hydrogens is 396 g/mol. The molecule has 1 saturated carbocycles. The number of aromatic nitrogens is 4. The quantitative estimate of drug-likeness (QED) is 0.770. The molecule has 2 saturated heterocycles. The fourth-order valence-corrected chi connectivity index (χ4v) is 5.40. The number of H-pyrrole nitrogens is 2. The van der Waals surface area contributed by atoms with E-state index < -0.39 is 0 Å². The van der Waals surface area contributed by atoms with Crippen LogP contribution in [0.25, 0.3) is 0 Å². The van der Waals surface area contributed by atoms with E-state index in [2.05, 4.69) is 20.1 Å². The molecule has 9 heteroatoms. The lowest BCUT2D eigenvalue weighted by Crippen LogP contribution is -2.45. The molecule has 0 atom stereocenters. The van der Waals surface area contributed by atoms with Crippen molar-refractivity contribution in [1.82, 2.24) is 25.1 Å². The van der Waals surface area contributed by atoms with Crippen molar-refractivity contribution in [1.29, 1.82) is 0 Å². The standard InChI is InChI=1S/C22H28N6O3/c29-19-15-3-4-22(18(15)23-21(24-19)28-9-11-31-12-10-28)5-7-27(8-6-22)20(30)17-13-16(25-26-17)14-1-2-14/h13-14H,1-12H2,(H,25,26)(H,23,24,29). The van der Waals surface area contributed by atoms with Gasteiger partial charge in [-0.25, -0.2) is 4.98 Å². The lowest BCUT2D eigenvalue weighted by molar-refractivity contribution is 0.0657. The van der Waals surface area contributed by atoms with Crippen LogP contribution < -0.4 is 10.5 Å². The maximum absolute atomic E-state index is 13.0. The number of ether oxygens (including phenoxy) is 1. The summed E-state index contributed by atoms with van der Waals surface area (Å²) >= 11 is 0. The number of carbonyl (C=O) groups excluding carboxylic acids is 1. The Kier molecular flexibility index (Phi) is 4.41. The van der Waals surface area contributed by atoms with Gasteiger partial charge in [0.25, 0.3) is 11.5 Å². The zero-order chi connectivity index (χ0) is 21.0. The van der Waals surface area contributed by atoms with E-state index in [9.17, 15) is 9.59 Å². The van der Waals surface area contributed by atoms with Crippen LogP contribution in [0.4, 0.5) is 5.95 Å². The van der Waals surface area contributed by atoms with Crippen molar-refractivity contribution in [2.24, 2.45) is 0 Å². The first-order valence-electron chi connectivity index (χ1n) is 11.4. The third-order valence-corrected chi connectivity index (χ3v) is 7.51. The van der Waals surface area contributed by atoms with Crippen molar-refractivity contribution in [3.05, 3.63) is 39.1 Å². The Bertz CT molecular complexity index is 1060. The number of fused-ring (bicyclic) bond motifs is 2. The molecule has 0 aromatic carbocycles. The second-order valence-electron chi connectivity index (χ2n) is 9.37. The van der Waals surface area contributed by atoms with Crippen LogP contribution in [-0.2, 0) is 16.6 Å². The normalized spacial score (nSPS) is 22.7. The lowest BCUT2D eigenvalue weighted by Gasteiger charge is -2.39. The highest BCUT2D eigenvalue weighted by Crippen LogP contribution is 2.45. The van der Waals surface area contributed by atoms with Gasteiger partial charge in [-0.1, -0.05) is 0 Å². The van der Waals surface area contributed by atoms with Gasteiger partial charge in [0.15, 0.2) is 0 Å². The fraction of sp³-hybridized carbons (Fsp3) is 0.636. The van der Waals surface area contributed by atoms with E-state index in [1.54, 1.807) is 0 Å². The molecule has 2 aromatic heterocycles. The highest BCUT2D eigenvalue weighted by atomic mass is 16.5. The molecule has 164 valence electrons. The van der Waals surface area contributed by atoms with Crippen molar-refractivity contribution in [3.8, 4) is 0 Å². The van der Waals surface area contributed by atoms with Gasteiger partial charge < -0.3 is 14.5 Å². The molecule has 1 amide bonds. The highest BCUT2D eigenvalue weighted by Gasteiger charge is 2.45. The number of rotatable bonds is 3. The van der Waals surface area contributed by atoms with E-state index in [-0.39, 0.29) is 16.9 Å². The van der Waals surface area contributed by atoms with E-state index in [0.717, 1.165) is 55.7 Å². The van der Waals surface area contributed by atoms with Gasteiger partial charge in [0.2, 0.25) is 5.95 Å². The minimum Gasteiger partial charge on any atom is -0.378 e. The number of morpholine rings is 1. The van der Waals surface area contributed by atoms with Crippen LogP contribution >= 0.6 is 0 Å². The first-order valence-corrected chi connectivity index (χ1v) is 11.4. The Balaban J connectivity index is 1.21. The molecule has 6 rings (SSSR count). The Hall–Kier alpha value is -2.68. The van der Waals surface area contributed by atoms with Gasteiger partial charge in [-0.15, -0.1) is 0 Å². The van der Waals surface area contributed by atoms with Gasteiger partial charge in [0, 0.05) is 48.8 Å². The van der Waals surface area contributed by atoms with E-state index in [1.165, 1.54) is 12.8 Å². The summed E-state index contributed by atoms with van der Waals surface area (Å²) < 4.78 is 5.44. The second kappa shape index (κ2) is 7.19. The van der Waals surface area contributed by atoms with Crippen molar-refractivity contribution < 1.29 is 9.53 Å². The van der Waals surface area contributed by atoms with Gasteiger partial charge >= 0.3 is 0 Å². The van der Waals surface area contributed by atoms with Crippen LogP contribution in [0, 0.1) is 0 Å². The van der Waals surface area contributed by atoms with E-state index in [1.807, 2.05) is 11.0 Å². The van der Waals surface area contributed by atoms with Crippen molar-refractivity contribution in [2.75, 3.05) is 44.3 Å². The number of piperidine rings is 1. The molecule has 2 N–H and O–H groups in total. The summed E-state index contributed by atoms with van der Waals surface area (Å²) in [6.07, 6.45) is 5.73. The largest absolute Gasteiger partial charge is 0.378 e. The number of hydrogen-bond acceptors (Lipinski definition) is 6. The summed E-state index contributed by atoms with van der Waals surface area (Å²) in [5, 5.41) is 7.30. The Morgan fingerprint density at radius 1 is 1.13 bits per heavy atom. The molecule has 31 heavy (non-hydrogen) atoms. The van der Waals surface area contributed by atoms with E-state index in [4.69, 9.17) is 9.72 Å². The van der Waals surface area contributed by atoms with Gasteiger partial charge in [0.1, 0.15) is 5.69 Å². The number of likely N-dealkylation sites (tertiary alicyclic amines) is 1. The Morgan fingerprint density at radius 3 is 2.65 bits per heavy atom. The van der Waals surface area contributed by atoms with Crippen molar-refractivity contribution >= 4 is 11.9 Å². The number of aromatic amines is 2. The minimum atomic E-state index is -0.105. The van der Waals surface area contributed by atoms with Gasteiger partial charge in [-0.3, -0.25) is 19.7 Å². The lowest BCUT2D eigenvalue weighted by atomic mass is 9.76. The Morgan fingerprint density at radius 2 is 1.90 bits per heavy atom. The summed E-state index contributed by atoms with van der Waals surface area (Å²) in [7, 11) is 0. The molecule has 4 heterocycles. The maximum Gasteiger partial charge on any atom is 0.274 e. The van der Waals surface area contributed by atoms with Crippen LogP contribution in [-0.4, -0.2) is 70.4 Å². The number of amides is 1. The molecule has 0 unspecified atom stereocenters. The summed E-state index contributed by atoms with van der Waals surface area (Å²) in [6, 6.07) is 1.92. The Labute approximate surface area is 180 Å². The topological polar surface area (TPSA) is 107 Å². The summed E-state index contributed by atoms with van der Waals surface area (Å²) in [5.41, 5.74) is 3.28. The molecule has 2 aliphatic heterocycles. The van der Waals surface area contributed by atoms with Crippen molar-refractivity contribution in [3.63, 3.8) is 0 Å². The molecule has 9 nitrogen and oxygen atoms in total. The molecular formula is C22H28N6O3. The smallest absolute Gasteiger partial charge is 0.274 e. The highest BCUT2D eigenvalue weighted by molar-refractivity contribution is 5.92. The maximum atomic E-state index is 13.0. The number of nitrogens with zero attached hydrogens (tertiary/aromatic N) is 4. The second-order valence-corrected chi connectivity index (χ2v) is 9.37. The predicted octanol–water partition coefficient (Wildman–Crippen LogP) is 1.33. The molecule has 3 fully saturated rings. The first-order chi connectivity index (χ1) is 15.1. The third kappa shape index (κ3) is 3.26.